The number of hydrogen-bond acceptors (Lipinski definition) is 2. The molecule has 1 N–H and O–H groups in total. The van der Waals surface area contributed by atoms with Crippen LogP contribution in [-0.4, -0.2) is 8.76 Å². The summed E-state index contributed by atoms with van der Waals surface area (Å²) in [7, 11) is 0. The highest BCUT2D eigenvalue weighted by Crippen LogP contribution is 2.22. The average molecular weight is 248 g/mol. The van der Waals surface area contributed by atoms with Gasteiger partial charge in [0.25, 0.3) is 0 Å². The van der Waals surface area contributed by atoms with Crippen LogP contribution >= 0.6 is 0 Å². The third kappa shape index (κ3) is 3.15. The number of benzene rings is 2. The lowest BCUT2D eigenvalue weighted by Crippen LogP contribution is -1.89. The van der Waals surface area contributed by atoms with E-state index in [1.165, 1.54) is 0 Å². The third-order valence-electron chi connectivity index (χ3n) is 2.25. The Kier molecular flexibility index (Phi) is 3.56. The molecule has 2 aromatic carbocycles. The first-order chi connectivity index (χ1) is 8.15. The van der Waals surface area contributed by atoms with Gasteiger partial charge in [0.05, 0.1) is 4.90 Å². The molecule has 0 saturated heterocycles. The Morgan fingerprint density at radius 3 is 2.35 bits per heavy atom. The van der Waals surface area contributed by atoms with Crippen molar-refractivity contribution >= 4 is 11.1 Å². The van der Waals surface area contributed by atoms with Gasteiger partial charge in [0.2, 0.25) is 0 Å². The molecular formula is C13H12O3S. The van der Waals surface area contributed by atoms with Crippen molar-refractivity contribution in [3.05, 3.63) is 54.1 Å². The van der Waals surface area contributed by atoms with E-state index in [1.54, 1.807) is 24.3 Å². The zero-order valence-electron chi connectivity index (χ0n) is 9.29. The highest BCUT2D eigenvalue weighted by molar-refractivity contribution is 7.79. The fourth-order valence-electron chi connectivity index (χ4n) is 1.44. The molecule has 0 saturated carbocycles. The molecule has 0 spiro atoms. The maximum Gasteiger partial charge on any atom is 0.186 e. The van der Waals surface area contributed by atoms with E-state index in [1.807, 2.05) is 31.2 Å². The highest BCUT2D eigenvalue weighted by Gasteiger charge is 2.01. The van der Waals surface area contributed by atoms with Crippen LogP contribution in [0.15, 0.2) is 53.4 Å². The summed E-state index contributed by atoms with van der Waals surface area (Å²) in [6.45, 7) is 1.99. The SMILES string of the molecule is Cc1cccc(Oc2ccc(S(=O)O)cc2)c1. The minimum absolute atomic E-state index is 0.363. The number of ether oxygens (including phenoxy) is 1. The summed E-state index contributed by atoms with van der Waals surface area (Å²) in [5, 5.41) is 0. The zero-order chi connectivity index (χ0) is 12.3. The normalized spacial score (nSPS) is 12.1. The van der Waals surface area contributed by atoms with E-state index < -0.39 is 11.1 Å². The van der Waals surface area contributed by atoms with Crippen LogP contribution in [0.1, 0.15) is 5.56 Å². The monoisotopic (exact) mass is 248 g/mol. The van der Waals surface area contributed by atoms with Crippen molar-refractivity contribution in [3.8, 4) is 11.5 Å². The smallest absolute Gasteiger partial charge is 0.186 e. The van der Waals surface area contributed by atoms with Crippen LogP contribution < -0.4 is 4.74 Å². The van der Waals surface area contributed by atoms with Crippen molar-refractivity contribution in [1.29, 1.82) is 0 Å². The maximum absolute atomic E-state index is 10.8. The molecule has 2 rings (SSSR count). The van der Waals surface area contributed by atoms with Crippen LogP contribution in [0.25, 0.3) is 0 Å². The van der Waals surface area contributed by atoms with Crippen molar-refractivity contribution < 1.29 is 13.5 Å². The first kappa shape index (κ1) is 11.8. The minimum atomic E-state index is -1.94. The molecule has 0 aliphatic carbocycles. The largest absolute Gasteiger partial charge is 0.457 e. The molecule has 2 aromatic rings. The second-order valence-corrected chi connectivity index (χ2v) is 4.61. The lowest BCUT2D eigenvalue weighted by Gasteiger charge is -2.06. The van der Waals surface area contributed by atoms with Gasteiger partial charge in [-0.2, -0.15) is 0 Å². The summed E-state index contributed by atoms with van der Waals surface area (Å²) in [5.41, 5.74) is 1.12. The molecule has 0 radical (unpaired) electrons. The molecule has 0 fully saturated rings. The molecule has 0 bridgehead atoms. The number of rotatable bonds is 3. The third-order valence-corrected chi connectivity index (χ3v) is 2.93. The summed E-state index contributed by atoms with van der Waals surface area (Å²) >= 11 is -1.94. The molecule has 0 amide bonds. The van der Waals surface area contributed by atoms with Crippen molar-refractivity contribution in [3.63, 3.8) is 0 Å². The van der Waals surface area contributed by atoms with Crippen LogP contribution in [0.4, 0.5) is 0 Å². The molecule has 3 nitrogen and oxygen atoms in total. The summed E-state index contributed by atoms with van der Waals surface area (Å²) in [4.78, 5) is 0.363. The van der Waals surface area contributed by atoms with E-state index in [0.29, 0.717) is 10.6 Å². The molecule has 4 heteroatoms. The predicted octanol–water partition coefficient (Wildman–Crippen LogP) is 3.37. The van der Waals surface area contributed by atoms with Gasteiger partial charge in [-0.15, -0.1) is 0 Å². The van der Waals surface area contributed by atoms with Gasteiger partial charge < -0.3 is 9.29 Å². The molecule has 0 heterocycles. The van der Waals surface area contributed by atoms with Crippen LogP contribution in [0, 0.1) is 6.92 Å². The minimum Gasteiger partial charge on any atom is -0.457 e. The zero-order valence-corrected chi connectivity index (χ0v) is 10.1. The van der Waals surface area contributed by atoms with E-state index in [9.17, 15) is 4.21 Å². The first-order valence-electron chi connectivity index (χ1n) is 5.10. The Hall–Kier alpha value is -1.65. The second kappa shape index (κ2) is 5.12. The Bertz CT molecular complexity index is 535. The molecule has 17 heavy (non-hydrogen) atoms. The highest BCUT2D eigenvalue weighted by atomic mass is 32.2. The standard InChI is InChI=1S/C13H12O3S/c1-10-3-2-4-12(9-10)16-11-5-7-13(8-6-11)17(14)15/h2-9H,1H3,(H,14,15). The van der Waals surface area contributed by atoms with E-state index in [0.717, 1.165) is 11.3 Å². The van der Waals surface area contributed by atoms with E-state index >= 15 is 0 Å². The number of aryl methyl sites for hydroxylation is 1. The molecule has 0 aliphatic heterocycles. The quantitative estimate of drug-likeness (QED) is 0.847. The van der Waals surface area contributed by atoms with Crippen LogP contribution in [-0.2, 0) is 11.1 Å². The van der Waals surface area contributed by atoms with Gasteiger partial charge in [-0.1, -0.05) is 12.1 Å². The van der Waals surface area contributed by atoms with Crippen molar-refractivity contribution in [2.75, 3.05) is 0 Å². The predicted molar refractivity (Wildman–Crippen MR) is 66.7 cm³/mol. The summed E-state index contributed by atoms with van der Waals surface area (Å²) in [5.74, 6) is 1.40. The van der Waals surface area contributed by atoms with E-state index in [-0.39, 0.29) is 0 Å². The van der Waals surface area contributed by atoms with Crippen LogP contribution in [0.5, 0.6) is 11.5 Å². The summed E-state index contributed by atoms with van der Waals surface area (Å²) < 4.78 is 25.3. The second-order valence-electron chi connectivity index (χ2n) is 3.64. The first-order valence-corrected chi connectivity index (χ1v) is 6.21. The average Bonchev–Trinajstić information content (AvgIpc) is 2.29. The molecule has 1 unspecified atom stereocenters. The van der Waals surface area contributed by atoms with Gasteiger partial charge in [-0.05, 0) is 48.9 Å². The van der Waals surface area contributed by atoms with Crippen molar-refractivity contribution in [2.45, 2.75) is 11.8 Å². The lowest BCUT2D eigenvalue weighted by molar-refractivity contribution is 0.481. The van der Waals surface area contributed by atoms with Gasteiger partial charge >= 0.3 is 0 Å². The maximum atomic E-state index is 10.8. The van der Waals surface area contributed by atoms with Crippen molar-refractivity contribution in [2.24, 2.45) is 0 Å². The molecule has 1 atom stereocenters. The molecule has 0 aromatic heterocycles. The summed E-state index contributed by atoms with van der Waals surface area (Å²) in [6.07, 6.45) is 0. The van der Waals surface area contributed by atoms with E-state index in [2.05, 4.69) is 0 Å². The lowest BCUT2D eigenvalue weighted by atomic mass is 10.2. The Balaban J connectivity index is 2.16. The molecule has 0 aliphatic rings. The Morgan fingerprint density at radius 2 is 1.76 bits per heavy atom. The fraction of sp³-hybridized carbons (Fsp3) is 0.0769. The van der Waals surface area contributed by atoms with Crippen LogP contribution in [0.3, 0.4) is 0 Å². The molecular weight excluding hydrogens is 236 g/mol. The van der Waals surface area contributed by atoms with Crippen LogP contribution in [0.2, 0.25) is 0 Å². The van der Waals surface area contributed by atoms with Gasteiger partial charge in [-0.3, -0.25) is 0 Å². The van der Waals surface area contributed by atoms with Gasteiger partial charge in [0.1, 0.15) is 11.5 Å². The van der Waals surface area contributed by atoms with Gasteiger partial charge in [0.15, 0.2) is 11.1 Å². The van der Waals surface area contributed by atoms with E-state index in [4.69, 9.17) is 9.29 Å². The summed E-state index contributed by atoms with van der Waals surface area (Å²) in [6, 6.07) is 14.2. The van der Waals surface area contributed by atoms with Gasteiger partial charge in [0, 0.05) is 0 Å². The Labute approximate surface area is 102 Å². The number of hydrogen-bond donors (Lipinski definition) is 1. The molecule has 88 valence electrons. The fourth-order valence-corrected chi connectivity index (χ4v) is 1.81. The topological polar surface area (TPSA) is 46.5 Å². The Morgan fingerprint density at radius 1 is 1.06 bits per heavy atom. The van der Waals surface area contributed by atoms with Crippen molar-refractivity contribution in [1.82, 2.24) is 0 Å². The van der Waals surface area contributed by atoms with Gasteiger partial charge in [-0.25, -0.2) is 4.21 Å².